The molecule has 2 aromatic carbocycles. The van der Waals surface area contributed by atoms with Crippen molar-refractivity contribution in [2.24, 2.45) is 5.92 Å². The Kier molecular flexibility index (Phi) is 4.41. The van der Waals surface area contributed by atoms with Gasteiger partial charge in [0.1, 0.15) is 12.0 Å². The van der Waals surface area contributed by atoms with Crippen molar-refractivity contribution in [3.05, 3.63) is 89.2 Å². The van der Waals surface area contributed by atoms with Gasteiger partial charge in [0.05, 0.1) is 17.1 Å². The van der Waals surface area contributed by atoms with Crippen LogP contribution in [-0.4, -0.2) is 22.9 Å². The van der Waals surface area contributed by atoms with E-state index in [4.69, 9.17) is 4.84 Å². The second-order valence-electron chi connectivity index (χ2n) is 6.90. The maximum atomic E-state index is 13.4. The van der Waals surface area contributed by atoms with Crippen molar-refractivity contribution in [3.63, 3.8) is 0 Å². The second-order valence-corrected chi connectivity index (χ2v) is 7.82. The molecule has 0 N–H and O–H groups in total. The summed E-state index contributed by atoms with van der Waals surface area (Å²) in [6.07, 6.45) is 0.790. The lowest BCUT2D eigenvalue weighted by atomic mass is 9.93. The number of anilines is 2. The summed E-state index contributed by atoms with van der Waals surface area (Å²) < 4.78 is 0.874. The van der Waals surface area contributed by atoms with Crippen molar-refractivity contribution in [2.45, 2.75) is 12.1 Å². The lowest BCUT2D eigenvalue weighted by Crippen LogP contribution is -2.37. The third kappa shape index (κ3) is 2.94. The highest BCUT2D eigenvalue weighted by atomic mass is 79.9. The molecule has 2 aliphatic heterocycles. The zero-order valence-corrected chi connectivity index (χ0v) is 16.8. The van der Waals surface area contributed by atoms with Gasteiger partial charge in [-0.1, -0.05) is 40.2 Å². The molecule has 0 spiro atoms. The summed E-state index contributed by atoms with van der Waals surface area (Å²) in [5.41, 5.74) is 1.99. The predicted octanol–water partition coefficient (Wildman–Crippen LogP) is 3.90. The zero-order valence-electron chi connectivity index (χ0n) is 15.2. The molecule has 3 aromatic rings. The number of imide groups is 1. The molecule has 3 heterocycles. The number of pyridine rings is 1. The van der Waals surface area contributed by atoms with Crippen molar-refractivity contribution >= 4 is 39.1 Å². The molecule has 0 bridgehead atoms. The van der Waals surface area contributed by atoms with Crippen LogP contribution < -0.4 is 9.96 Å². The van der Waals surface area contributed by atoms with E-state index in [1.165, 1.54) is 4.90 Å². The molecular formula is C22H16BrN3O3. The standard InChI is InChI=1S/C22H16BrN3O3/c23-14-9-11-15(12-10-14)25-21(27)18-19(17-8-4-5-13-24-17)26(29-20(18)22(25)28)16-6-2-1-3-7-16/h1-13,18-20H/t18-,19-,20-/m1/s1. The van der Waals surface area contributed by atoms with Crippen LogP contribution in [0.25, 0.3) is 0 Å². The van der Waals surface area contributed by atoms with E-state index >= 15 is 0 Å². The SMILES string of the molecule is O=C1[C@@H]2[C@@H](c3ccccn3)N(c3ccccc3)O[C@H]2C(=O)N1c1ccc(Br)cc1. The summed E-state index contributed by atoms with van der Waals surface area (Å²) in [6, 6.07) is 21.6. The molecule has 0 radical (unpaired) electrons. The van der Waals surface area contributed by atoms with Crippen molar-refractivity contribution < 1.29 is 14.4 Å². The number of carbonyl (C=O) groups is 2. The summed E-state index contributed by atoms with van der Waals surface area (Å²) in [6.45, 7) is 0. The van der Waals surface area contributed by atoms with Crippen LogP contribution in [0.2, 0.25) is 0 Å². The molecule has 2 aliphatic rings. The fraction of sp³-hybridized carbons (Fsp3) is 0.136. The van der Waals surface area contributed by atoms with E-state index in [2.05, 4.69) is 20.9 Å². The Balaban J connectivity index is 1.58. The molecule has 29 heavy (non-hydrogen) atoms. The first-order chi connectivity index (χ1) is 14.1. The number of carbonyl (C=O) groups excluding carboxylic acids is 2. The van der Waals surface area contributed by atoms with Crippen LogP contribution in [0.3, 0.4) is 0 Å². The van der Waals surface area contributed by atoms with Gasteiger partial charge in [-0.2, -0.15) is 0 Å². The number of para-hydroxylation sites is 1. The average Bonchev–Trinajstić information content (AvgIpc) is 3.27. The Labute approximate surface area is 175 Å². The number of rotatable bonds is 3. The number of hydroxylamine groups is 1. The van der Waals surface area contributed by atoms with Gasteiger partial charge in [-0.15, -0.1) is 0 Å². The van der Waals surface area contributed by atoms with Crippen molar-refractivity contribution in [1.82, 2.24) is 4.98 Å². The van der Waals surface area contributed by atoms with E-state index in [1.54, 1.807) is 35.5 Å². The van der Waals surface area contributed by atoms with Gasteiger partial charge in [0.15, 0.2) is 6.10 Å². The Hall–Kier alpha value is -3.03. The second kappa shape index (κ2) is 7.09. The first-order valence-corrected chi connectivity index (χ1v) is 10.00. The van der Waals surface area contributed by atoms with E-state index in [0.717, 1.165) is 10.2 Å². The van der Waals surface area contributed by atoms with Gasteiger partial charge in [0.25, 0.3) is 5.91 Å². The Morgan fingerprint density at radius 3 is 2.24 bits per heavy atom. The number of benzene rings is 2. The van der Waals surface area contributed by atoms with E-state index < -0.39 is 18.1 Å². The minimum atomic E-state index is -0.890. The normalized spacial score (nSPS) is 23.6. The van der Waals surface area contributed by atoms with Gasteiger partial charge >= 0.3 is 0 Å². The van der Waals surface area contributed by atoms with Crippen LogP contribution in [0.1, 0.15) is 11.7 Å². The van der Waals surface area contributed by atoms with Gasteiger partial charge in [-0.25, -0.2) is 9.96 Å². The summed E-state index contributed by atoms with van der Waals surface area (Å²) >= 11 is 3.38. The zero-order chi connectivity index (χ0) is 20.0. The Morgan fingerprint density at radius 1 is 0.828 bits per heavy atom. The smallest absolute Gasteiger partial charge is 0.266 e. The number of hydrogen-bond acceptors (Lipinski definition) is 5. The molecule has 1 aromatic heterocycles. The first kappa shape index (κ1) is 18.0. The summed E-state index contributed by atoms with van der Waals surface area (Å²) in [7, 11) is 0. The summed E-state index contributed by atoms with van der Waals surface area (Å²) in [4.78, 5) is 38.3. The summed E-state index contributed by atoms with van der Waals surface area (Å²) in [5.74, 6) is -1.32. The van der Waals surface area contributed by atoms with Crippen LogP contribution >= 0.6 is 15.9 Å². The molecule has 5 rings (SSSR count). The molecule has 2 saturated heterocycles. The summed E-state index contributed by atoms with van der Waals surface area (Å²) in [5, 5.41) is 1.65. The molecule has 0 saturated carbocycles. The highest BCUT2D eigenvalue weighted by molar-refractivity contribution is 9.10. The number of amides is 2. The van der Waals surface area contributed by atoms with Crippen molar-refractivity contribution in [2.75, 3.05) is 9.96 Å². The molecule has 144 valence electrons. The van der Waals surface area contributed by atoms with Crippen LogP contribution in [0, 0.1) is 5.92 Å². The number of aromatic nitrogens is 1. The fourth-order valence-electron chi connectivity index (χ4n) is 3.91. The molecule has 2 fully saturated rings. The van der Waals surface area contributed by atoms with Crippen LogP contribution in [0.15, 0.2) is 83.5 Å². The lowest BCUT2D eigenvalue weighted by molar-refractivity contribution is -0.126. The third-order valence-electron chi connectivity index (χ3n) is 5.20. The van der Waals surface area contributed by atoms with Crippen LogP contribution in [-0.2, 0) is 14.4 Å². The Bertz CT molecular complexity index is 1060. The van der Waals surface area contributed by atoms with Crippen LogP contribution in [0.5, 0.6) is 0 Å². The van der Waals surface area contributed by atoms with Gasteiger partial charge in [0.2, 0.25) is 5.91 Å². The van der Waals surface area contributed by atoms with Crippen LogP contribution in [0.4, 0.5) is 11.4 Å². The van der Waals surface area contributed by atoms with Gasteiger partial charge < -0.3 is 0 Å². The van der Waals surface area contributed by atoms with Crippen molar-refractivity contribution in [3.8, 4) is 0 Å². The third-order valence-corrected chi connectivity index (χ3v) is 5.73. The number of fused-ring (bicyclic) bond motifs is 1. The number of hydrogen-bond donors (Lipinski definition) is 0. The van der Waals surface area contributed by atoms with Gasteiger partial charge in [-0.3, -0.25) is 19.4 Å². The minimum absolute atomic E-state index is 0.281. The molecule has 0 aliphatic carbocycles. The lowest BCUT2D eigenvalue weighted by Gasteiger charge is -2.28. The minimum Gasteiger partial charge on any atom is -0.273 e. The van der Waals surface area contributed by atoms with E-state index in [9.17, 15) is 9.59 Å². The van der Waals surface area contributed by atoms with E-state index in [1.807, 2.05) is 48.5 Å². The first-order valence-electron chi connectivity index (χ1n) is 9.20. The fourth-order valence-corrected chi connectivity index (χ4v) is 4.17. The maximum absolute atomic E-state index is 13.4. The highest BCUT2D eigenvalue weighted by Gasteiger charge is 2.60. The van der Waals surface area contributed by atoms with E-state index in [-0.39, 0.29) is 11.8 Å². The monoisotopic (exact) mass is 449 g/mol. The largest absolute Gasteiger partial charge is 0.273 e. The molecule has 0 unspecified atom stereocenters. The topological polar surface area (TPSA) is 62.7 Å². The van der Waals surface area contributed by atoms with Gasteiger partial charge in [0, 0.05) is 10.7 Å². The number of nitrogens with zero attached hydrogens (tertiary/aromatic N) is 3. The molecular weight excluding hydrogens is 434 g/mol. The molecule has 2 amide bonds. The van der Waals surface area contributed by atoms with Gasteiger partial charge in [-0.05, 0) is 48.5 Å². The maximum Gasteiger partial charge on any atom is 0.266 e. The molecule has 7 heteroatoms. The Morgan fingerprint density at radius 2 is 1.55 bits per heavy atom. The predicted molar refractivity (Wildman–Crippen MR) is 111 cm³/mol. The average molecular weight is 450 g/mol. The quantitative estimate of drug-likeness (QED) is 0.567. The van der Waals surface area contributed by atoms with Crippen molar-refractivity contribution in [1.29, 1.82) is 0 Å². The highest BCUT2D eigenvalue weighted by Crippen LogP contribution is 2.47. The molecule has 3 atom stereocenters. The van der Waals surface area contributed by atoms with E-state index in [0.29, 0.717) is 11.4 Å². The molecule has 6 nitrogen and oxygen atoms in total. The number of halogens is 1.